The number of amides is 1. The van der Waals surface area contributed by atoms with Crippen LogP contribution in [-0.2, 0) is 4.74 Å². The third-order valence-corrected chi connectivity index (χ3v) is 3.11. The van der Waals surface area contributed by atoms with Crippen LogP contribution in [0.5, 0.6) is 0 Å². The normalized spacial score (nSPS) is 18.8. The number of morpholine rings is 1. The minimum Gasteiger partial charge on any atom is -0.373 e. The first kappa shape index (κ1) is 13.6. The first-order chi connectivity index (χ1) is 9.15. The van der Waals surface area contributed by atoms with Crippen LogP contribution < -0.4 is 5.32 Å². The van der Waals surface area contributed by atoms with Crippen molar-refractivity contribution in [1.29, 1.82) is 5.26 Å². The summed E-state index contributed by atoms with van der Waals surface area (Å²) < 4.78 is 5.20. The highest BCUT2D eigenvalue weighted by Crippen LogP contribution is 2.19. The number of nitrogens with one attached hydrogen (secondary N) is 1. The molecule has 1 aromatic heterocycles. The Morgan fingerprint density at radius 3 is 3.16 bits per heavy atom. The number of anilines is 1. The molecule has 2 heterocycles. The van der Waals surface area contributed by atoms with Gasteiger partial charge in [-0.3, -0.25) is 4.79 Å². The number of nitriles is 1. The number of hydrogen-bond acceptors (Lipinski definition) is 5. The molecule has 100 valence electrons. The molecule has 7 heteroatoms. The Morgan fingerprint density at radius 2 is 2.47 bits per heavy atom. The molecule has 0 aromatic carbocycles. The van der Waals surface area contributed by atoms with Crippen LogP contribution in [0.25, 0.3) is 0 Å². The van der Waals surface area contributed by atoms with E-state index >= 15 is 0 Å². The smallest absolute Gasteiger partial charge is 0.274 e. The second-order valence-electron chi connectivity index (χ2n) is 4.02. The summed E-state index contributed by atoms with van der Waals surface area (Å²) in [6, 6.07) is 5.31. The van der Waals surface area contributed by atoms with Gasteiger partial charge in [-0.1, -0.05) is 11.6 Å². The largest absolute Gasteiger partial charge is 0.373 e. The lowest BCUT2D eigenvalue weighted by Crippen LogP contribution is -2.45. The van der Waals surface area contributed by atoms with Gasteiger partial charge in [-0.05, 0) is 12.1 Å². The van der Waals surface area contributed by atoms with Gasteiger partial charge in [0.05, 0.1) is 24.2 Å². The first-order valence-corrected chi connectivity index (χ1v) is 6.18. The van der Waals surface area contributed by atoms with E-state index in [1.54, 1.807) is 19.2 Å². The van der Waals surface area contributed by atoms with E-state index in [0.717, 1.165) is 0 Å². The monoisotopic (exact) mass is 280 g/mol. The second-order valence-corrected chi connectivity index (χ2v) is 4.42. The first-order valence-electron chi connectivity index (χ1n) is 5.80. The average Bonchev–Trinajstić information content (AvgIpc) is 2.47. The molecule has 1 fully saturated rings. The van der Waals surface area contributed by atoms with Crippen molar-refractivity contribution in [2.24, 2.45) is 0 Å². The molecule has 1 aliphatic rings. The highest BCUT2D eigenvalue weighted by molar-refractivity contribution is 6.33. The van der Waals surface area contributed by atoms with Crippen molar-refractivity contribution >= 4 is 23.3 Å². The topological polar surface area (TPSA) is 78.3 Å². The van der Waals surface area contributed by atoms with Crippen LogP contribution in [0.3, 0.4) is 0 Å². The van der Waals surface area contributed by atoms with Crippen molar-refractivity contribution in [1.82, 2.24) is 9.88 Å². The Balaban J connectivity index is 2.21. The zero-order valence-corrected chi connectivity index (χ0v) is 11.1. The number of pyridine rings is 1. The number of carbonyl (C=O) groups excluding carboxylic acids is 1. The fourth-order valence-corrected chi connectivity index (χ4v) is 1.98. The van der Waals surface area contributed by atoms with E-state index in [0.29, 0.717) is 24.0 Å². The van der Waals surface area contributed by atoms with Crippen molar-refractivity contribution in [3.05, 3.63) is 22.8 Å². The number of carbonyl (C=O) groups is 1. The van der Waals surface area contributed by atoms with Crippen LogP contribution in [0.2, 0.25) is 5.02 Å². The molecule has 0 saturated carbocycles. The maximum Gasteiger partial charge on any atom is 0.274 e. The third kappa shape index (κ3) is 2.95. The summed E-state index contributed by atoms with van der Waals surface area (Å²) in [6.07, 6.45) is -0.594. The molecule has 1 unspecified atom stereocenters. The molecule has 19 heavy (non-hydrogen) atoms. The van der Waals surface area contributed by atoms with Crippen molar-refractivity contribution in [3.63, 3.8) is 0 Å². The van der Waals surface area contributed by atoms with Crippen LogP contribution >= 0.6 is 11.6 Å². The molecule has 1 amide bonds. The highest BCUT2D eigenvalue weighted by Gasteiger charge is 2.27. The van der Waals surface area contributed by atoms with Crippen LogP contribution in [-0.4, -0.2) is 48.6 Å². The fraction of sp³-hybridized carbons (Fsp3) is 0.417. The van der Waals surface area contributed by atoms with Crippen LogP contribution in [0.4, 0.5) is 5.82 Å². The third-order valence-electron chi connectivity index (χ3n) is 2.80. The van der Waals surface area contributed by atoms with E-state index in [1.807, 2.05) is 6.07 Å². The summed E-state index contributed by atoms with van der Waals surface area (Å²) in [5.41, 5.74) is 0.187. The molecule has 0 bridgehead atoms. The summed E-state index contributed by atoms with van der Waals surface area (Å²) >= 11 is 6.00. The number of aromatic nitrogens is 1. The summed E-state index contributed by atoms with van der Waals surface area (Å²) in [5.74, 6) is 0.281. The minimum atomic E-state index is -0.594. The van der Waals surface area contributed by atoms with E-state index in [4.69, 9.17) is 21.6 Å². The van der Waals surface area contributed by atoms with Crippen molar-refractivity contribution in [2.75, 3.05) is 32.1 Å². The summed E-state index contributed by atoms with van der Waals surface area (Å²) in [7, 11) is 1.71. The van der Waals surface area contributed by atoms with E-state index in [2.05, 4.69) is 10.3 Å². The standard InChI is InChI=1S/C12H13ClN4O2/c1-15-10-3-2-9(13)11(16-10)12(18)17-4-5-19-8(6-14)7-17/h2-3,8H,4-5,7H2,1H3,(H,15,16). The Kier molecular flexibility index (Phi) is 4.20. The predicted molar refractivity (Wildman–Crippen MR) is 70.1 cm³/mol. The molecule has 1 N–H and O–H groups in total. The quantitative estimate of drug-likeness (QED) is 0.879. The zero-order valence-electron chi connectivity index (χ0n) is 10.4. The number of ether oxygens (including phenoxy) is 1. The minimum absolute atomic E-state index is 0.187. The van der Waals surface area contributed by atoms with Crippen molar-refractivity contribution < 1.29 is 9.53 Å². The number of nitrogens with zero attached hydrogens (tertiary/aromatic N) is 3. The molecular weight excluding hydrogens is 268 g/mol. The van der Waals surface area contributed by atoms with E-state index in [9.17, 15) is 4.79 Å². The Bertz CT molecular complexity index is 529. The molecule has 0 aliphatic carbocycles. The van der Waals surface area contributed by atoms with Crippen LogP contribution in [0.1, 0.15) is 10.5 Å². The van der Waals surface area contributed by atoms with Gasteiger partial charge >= 0.3 is 0 Å². The van der Waals surface area contributed by atoms with Gasteiger partial charge in [-0.2, -0.15) is 5.26 Å². The van der Waals surface area contributed by atoms with Crippen LogP contribution in [0, 0.1) is 11.3 Å². The predicted octanol–water partition coefficient (Wildman–Crippen LogP) is 1.14. The van der Waals surface area contributed by atoms with Gasteiger partial charge in [-0.15, -0.1) is 0 Å². The van der Waals surface area contributed by atoms with Gasteiger partial charge in [0.25, 0.3) is 5.91 Å². The second kappa shape index (κ2) is 5.87. The highest BCUT2D eigenvalue weighted by atomic mass is 35.5. The molecule has 1 atom stereocenters. The summed E-state index contributed by atoms with van der Waals surface area (Å²) in [5, 5.41) is 12.0. The van der Waals surface area contributed by atoms with E-state index < -0.39 is 6.10 Å². The van der Waals surface area contributed by atoms with Gasteiger partial charge < -0.3 is 15.0 Å². The van der Waals surface area contributed by atoms with E-state index in [1.165, 1.54) is 4.90 Å². The fourth-order valence-electron chi connectivity index (χ4n) is 1.79. The molecular formula is C12H13ClN4O2. The summed E-state index contributed by atoms with van der Waals surface area (Å²) in [4.78, 5) is 18.0. The van der Waals surface area contributed by atoms with Gasteiger partial charge in [0.2, 0.25) is 0 Å². The SMILES string of the molecule is CNc1ccc(Cl)c(C(=O)N2CCOC(C#N)C2)n1. The lowest BCUT2D eigenvalue weighted by molar-refractivity contribution is 0.00322. The lowest BCUT2D eigenvalue weighted by Gasteiger charge is -2.29. The summed E-state index contributed by atoms with van der Waals surface area (Å²) in [6.45, 7) is 1.00. The molecule has 0 radical (unpaired) electrons. The molecule has 6 nitrogen and oxygen atoms in total. The maximum absolute atomic E-state index is 12.3. The van der Waals surface area contributed by atoms with Gasteiger partial charge in [0.1, 0.15) is 11.5 Å². The molecule has 1 aromatic rings. The molecule has 1 aliphatic heterocycles. The Hall–Kier alpha value is -1.84. The Labute approximate surface area is 115 Å². The number of halogens is 1. The Morgan fingerprint density at radius 1 is 1.68 bits per heavy atom. The lowest BCUT2D eigenvalue weighted by atomic mass is 10.2. The maximum atomic E-state index is 12.3. The van der Waals surface area contributed by atoms with Crippen molar-refractivity contribution in [2.45, 2.75) is 6.10 Å². The molecule has 0 spiro atoms. The van der Waals surface area contributed by atoms with E-state index in [-0.39, 0.29) is 18.1 Å². The molecule has 1 saturated heterocycles. The number of hydrogen-bond donors (Lipinski definition) is 1. The zero-order chi connectivity index (χ0) is 13.8. The van der Waals surface area contributed by atoms with Gasteiger partial charge in [0, 0.05) is 13.6 Å². The average molecular weight is 281 g/mol. The van der Waals surface area contributed by atoms with Gasteiger partial charge in [-0.25, -0.2) is 4.98 Å². The van der Waals surface area contributed by atoms with Crippen molar-refractivity contribution in [3.8, 4) is 6.07 Å². The van der Waals surface area contributed by atoms with Crippen LogP contribution in [0.15, 0.2) is 12.1 Å². The van der Waals surface area contributed by atoms with Gasteiger partial charge in [0.15, 0.2) is 6.10 Å². The molecule has 2 rings (SSSR count). The number of rotatable bonds is 2.